The molecule has 4 nitrogen and oxygen atoms in total. The van der Waals surface area contributed by atoms with Crippen LogP contribution in [0.1, 0.15) is 42.4 Å². The summed E-state index contributed by atoms with van der Waals surface area (Å²) in [5.41, 5.74) is 3.50. The molecule has 2 aromatic heterocycles. The van der Waals surface area contributed by atoms with Crippen molar-refractivity contribution < 1.29 is 0 Å². The molecule has 3 heterocycles. The van der Waals surface area contributed by atoms with Gasteiger partial charge in [0, 0.05) is 61.2 Å². The van der Waals surface area contributed by atoms with E-state index in [9.17, 15) is 0 Å². The highest BCUT2D eigenvalue weighted by atomic mass is 35.5. The molecule has 2 aromatic rings. The molecule has 0 saturated heterocycles. The van der Waals surface area contributed by atoms with Crippen LogP contribution in [-0.4, -0.2) is 26.4 Å². The molecule has 3 rings (SSSR count). The molecule has 5 heteroatoms. The molecule has 0 spiro atoms. The third kappa shape index (κ3) is 3.22. The Morgan fingerprint density at radius 2 is 2.19 bits per heavy atom. The van der Waals surface area contributed by atoms with Crippen LogP contribution in [-0.2, 0) is 19.5 Å². The first-order valence-corrected chi connectivity index (χ1v) is 7.67. The van der Waals surface area contributed by atoms with Crippen LogP contribution < -0.4 is 0 Å². The van der Waals surface area contributed by atoms with E-state index in [1.165, 1.54) is 11.3 Å². The first-order valence-electron chi connectivity index (χ1n) is 7.30. The fourth-order valence-electron chi connectivity index (χ4n) is 2.58. The van der Waals surface area contributed by atoms with Crippen molar-refractivity contribution in [3.8, 4) is 0 Å². The van der Waals surface area contributed by atoms with Gasteiger partial charge in [-0.25, -0.2) is 15.0 Å². The van der Waals surface area contributed by atoms with Crippen LogP contribution in [0.4, 0.5) is 0 Å². The van der Waals surface area contributed by atoms with Gasteiger partial charge in [0.05, 0.1) is 0 Å². The van der Waals surface area contributed by atoms with E-state index < -0.39 is 0 Å². The van der Waals surface area contributed by atoms with Gasteiger partial charge in [0.25, 0.3) is 0 Å². The van der Waals surface area contributed by atoms with Crippen LogP contribution in [0.25, 0.3) is 0 Å². The van der Waals surface area contributed by atoms with Crippen LogP contribution in [0.5, 0.6) is 0 Å². The average Bonchev–Trinajstić information content (AvgIpc) is 2.49. The Balaban J connectivity index is 1.74. The first-order chi connectivity index (χ1) is 10.1. The summed E-state index contributed by atoms with van der Waals surface area (Å²) in [6, 6.07) is 3.96. The van der Waals surface area contributed by atoms with Gasteiger partial charge in [-0.1, -0.05) is 31.5 Å². The van der Waals surface area contributed by atoms with E-state index >= 15 is 0 Å². The van der Waals surface area contributed by atoms with Gasteiger partial charge >= 0.3 is 0 Å². The first kappa shape index (κ1) is 14.4. The van der Waals surface area contributed by atoms with Crippen molar-refractivity contribution in [1.82, 2.24) is 19.9 Å². The van der Waals surface area contributed by atoms with Gasteiger partial charge in [0.15, 0.2) is 0 Å². The maximum atomic E-state index is 6.14. The SMILES string of the molecule is CC(C)c1ncc2c(n1)CCN(Cc1cccnc1Cl)C2. The number of fused-ring (bicyclic) bond motifs is 1. The maximum absolute atomic E-state index is 6.14. The summed E-state index contributed by atoms with van der Waals surface area (Å²) in [5.74, 6) is 1.32. The van der Waals surface area contributed by atoms with Gasteiger partial charge in [-0.05, 0) is 6.07 Å². The largest absolute Gasteiger partial charge is 0.294 e. The Hall–Kier alpha value is -1.52. The van der Waals surface area contributed by atoms with Crippen molar-refractivity contribution in [2.24, 2.45) is 0 Å². The Morgan fingerprint density at radius 3 is 2.95 bits per heavy atom. The number of hydrogen-bond acceptors (Lipinski definition) is 4. The van der Waals surface area contributed by atoms with Crippen molar-refractivity contribution in [2.75, 3.05) is 6.54 Å². The lowest BCUT2D eigenvalue weighted by Crippen LogP contribution is -2.31. The van der Waals surface area contributed by atoms with E-state index in [-0.39, 0.29) is 0 Å². The number of rotatable bonds is 3. The molecule has 0 saturated carbocycles. The second-order valence-corrected chi connectivity index (χ2v) is 6.13. The maximum Gasteiger partial charge on any atom is 0.133 e. The minimum atomic E-state index is 0.377. The third-order valence-corrected chi connectivity index (χ3v) is 4.12. The van der Waals surface area contributed by atoms with E-state index in [1.54, 1.807) is 6.20 Å². The number of aromatic nitrogens is 3. The Bertz CT molecular complexity index is 642. The normalized spacial score (nSPS) is 15.2. The molecule has 0 aromatic carbocycles. The van der Waals surface area contributed by atoms with E-state index in [4.69, 9.17) is 16.6 Å². The summed E-state index contributed by atoms with van der Waals surface area (Å²) in [4.78, 5) is 15.7. The number of pyridine rings is 1. The fraction of sp³-hybridized carbons (Fsp3) is 0.438. The van der Waals surface area contributed by atoms with Gasteiger partial charge in [0.2, 0.25) is 0 Å². The van der Waals surface area contributed by atoms with E-state index in [0.717, 1.165) is 37.4 Å². The second kappa shape index (κ2) is 6.08. The van der Waals surface area contributed by atoms with Gasteiger partial charge in [-0.2, -0.15) is 0 Å². The van der Waals surface area contributed by atoms with Gasteiger partial charge < -0.3 is 0 Å². The smallest absolute Gasteiger partial charge is 0.133 e. The molecule has 1 aliphatic heterocycles. The molecule has 110 valence electrons. The summed E-state index contributed by atoms with van der Waals surface area (Å²) < 4.78 is 0. The lowest BCUT2D eigenvalue weighted by molar-refractivity contribution is 0.242. The van der Waals surface area contributed by atoms with Crippen molar-refractivity contribution in [3.63, 3.8) is 0 Å². The Kier molecular flexibility index (Phi) is 4.17. The molecule has 0 atom stereocenters. The van der Waals surface area contributed by atoms with E-state index in [2.05, 4.69) is 28.7 Å². The summed E-state index contributed by atoms with van der Waals surface area (Å²) in [6.07, 6.45) is 4.67. The monoisotopic (exact) mass is 302 g/mol. The lowest BCUT2D eigenvalue weighted by atomic mass is 10.1. The topological polar surface area (TPSA) is 41.9 Å². The van der Waals surface area contributed by atoms with Gasteiger partial charge in [0.1, 0.15) is 11.0 Å². The predicted octanol–water partition coefficient (Wildman–Crippen LogP) is 3.21. The van der Waals surface area contributed by atoms with Crippen LogP contribution in [0.15, 0.2) is 24.5 Å². The predicted molar refractivity (Wildman–Crippen MR) is 83.2 cm³/mol. The third-order valence-electron chi connectivity index (χ3n) is 3.78. The summed E-state index contributed by atoms with van der Waals surface area (Å²) >= 11 is 6.14. The van der Waals surface area contributed by atoms with Crippen LogP contribution in [0.3, 0.4) is 0 Å². The van der Waals surface area contributed by atoms with Crippen molar-refractivity contribution in [1.29, 1.82) is 0 Å². The number of halogens is 1. The second-order valence-electron chi connectivity index (χ2n) is 5.77. The van der Waals surface area contributed by atoms with Gasteiger partial charge in [-0.15, -0.1) is 0 Å². The highest BCUT2D eigenvalue weighted by molar-refractivity contribution is 6.30. The molecule has 0 radical (unpaired) electrons. The van der Waals surface area contributed by atoms with Crippen LogP contribution in [0, 0.1) is 0 Å². The molecule has 0 N–H and O–H groups in total. The van der Waals surface area contributed by atoms with Crippen LogP contribution in [0.2, 0.25) is 5.15 Å². The quantitative estimate of drug-likeness (QED) is 0.817. The highest BCUT2D eigenvalue weighted by Gasteiger charge is 2.19. The molecule has 0 fully saturated rings. The Morgan fingerprint density at radius 1 is 1.33 bits per heavy atom. The lowest BCUT2D eigenvalue weighted by Gasteiger charge is -2.28. The minimum absolute atomic E-state index is 0.377. The van der Waals surface area contributed by atoms with E-state index in [1.807, 2.05) is 18.3 Å². The summed E-state index contributed by atoms with van der Waals surface area (Å²) in [5, 5.41) is 0.592. The molecule has 0 bridgehead atoms. The summed E-state index contributed by atoms with van der Waals surface area (Å²) in [7, 11) is 0. The zero-order valence-corrected chi connectivity index (χ0v) is 13.1. The molecule has 1 aliphatic rings. The molecular weight excluding hydrogens is 284 g/mol. The molecule has 0 aliphatic carbocycles. The molecule has 21 heavy (non-hydrogen) atoms. The standard InChI is InChI=1S/C16H19ClN4/c1-11(2)16-19-8-13-10-21(7-5-14(13)20-16)9-12-4-3-6-18-15(12)17/h3-4,6,8,11H,5,7,9-10H2,1-2H3. The number of hydrogen-bond donors (Lipinski definition) is 0. The minimum Gasteiger partial charge on any atom is -0.294 e. The molecule has 0 amide bonds. The average molecular weight is 303 g/mol. The van der Waals surface area contributed by atoms with Crippen LogP contribution >= 0.6 is 11.6 Å². The molecular formula is C16H19ClN4. The van der Waals surface area contributed by atoms with Crippen molar-refractivity contribution >= 4 is 11.6 Å². The van der Waals surface area contributed by atoms with Gasteiger partial charge in [-0.3, -0.25) is 4.90 Å². The summed E-state index contributed by atoms with van der Waals surface area (Å²) in [6.45, 7) is 6.94. The zero-order chi connectivity index (χ0) is 14.8. The van der Waals surface area contributed by atoms with E-state index in [0.29, 0.717) is 11.1 Å². The Labute approximate surface area is 130 Å². The molecule has 0 unspecified atom stereocenters. The highest BCUT2D eigenvalue weighted by Crippen LogP contribution is 2.22. The zero-order valence-electron chi connectivity index (χ0n) is 12.4. The van der Waals surface area contributed by atoms with Crippen molar-refractivity contribution in [3.05, 3.63) is 52.3 Å². The fourth-order valence-corrected chi connectivity index (χ4v) is 2.76. The number of nitrogens with zero attached hydrogens (tertiary/aromatic N) is 4. The van der Waals surface area contributed by atoms with Crippen molar-refractivity contribution in [2.45, 2.75) is 39.3 Å².